The van der Waals surface area contributed by atoms with E-state index in [-0.39, 0.29) is 19.1 Å². The Balaban J connectivity index is 2.31. The Morgan fingerprint density at radius 2 is 2.17 bits per heavy atom. The number of rotatable bonds is 7. The minimum absolute atomic E-state index is 0.110. The van der Waals surface area contributed by atoms with E-state index in [9.17, 15) is 13.2 Å². The Kier molecular flexibility index (Phi) is 5.54. The van der Waals surface area contributed by atoms with E-state index in [0.29, 0.717) is 18.1 Å². The highest BCUT2D eigenvalue weighted by atomic mass is 19.4. The van der Waals surface area contributed by atoms with Crippen LogP contribution in [0.15, 0.2) is 4.52 Å². The van der Waals surface area contributed by atoms with Gasteiger partial charge in [-0.15, -0.1) is 0 Å². The Hall–Kier alpha value is -1.15. The molecule has 5 nitrogen and oxygen atoms in total. The molecule has 0 aliphatic rings. The molecule has 1 atom stereocenters. The molecule has 8 heteroatoms. The molecule has 0 amide bonds. The van der Waals surface area contributed by atoms with Crippen molar-refractivity contribution < 1.29 is 22.4 Å². The first-order chi connectivity index (χ1) is 8.42. The summed E-state index contributed by atoms with van der Waals surface area (Å²) in [4.78, 5) is 4.00. The summed E-state index contributed by atoms with van der Waals surface area (Å²) in [5.41, 5.74) is 5.75. The quantitative estimate of drug-likeness (QED) is 0.765. The third-order valence-corrected chi connectivity index (χ3v) is 2.14. The van der Waals surface area contributed by atoms with Gasteiger partial charge in [-0.3, -0.25) is 0 Å². The number of hydrogen-bond donors (Lipinski definition) is 1. The van der Waals surface area contributed by atoms with E-state index < -0.39 is 12.8 Å². The fourth-order valence-corrected chi connectivity index (χ4v) is 1.31. The van der Waals surface area contributed by atoms with Crippen LogP contribution in [-0.4, -0.2) is 29.5 Å². The van der Waals surface area contributed by atoms with Gasteiger partial charge in [0.05, 0.1) is 12.6 Å². The zero-order valence-corrected chi connectivity index (χ0v) is 10.0. The molecule has 1 aromatic heterocycles. The van der Waals surface area contributed by atoms with Crippen molar-refractivity contribution in [1.29, 1.82) is 0 Å². The molecule has 0 saturated heterocycles. The number of ether oxygens (including phenoxy) is 1. The molecule has 0 bridgehead atoms. The minimum atomic E-state index is -4.31. The maximum atomic E-state index is 11.8. The fraction of sp³-hybridized carbons (Fsp3) is 0.800. The second-order valence-corrected chi connectivity index (χ2v) is 3.86. The van der Waals surface area contributed by atoms with Gasteiger partial charge in [-0.2, -0.15) is 18.2 Å². The summed E-state index contributed by atoms with van der Waals surface area (Å²) >= 11 is 0. The molecule has 0 aliphatic carbocycles. The lowest BCUT2D eigenvalue weighted by atomic mass is 10.2. The molecule has 1 heterocycles. The van der Waals surface area contributed by atoms with Crippen molar-refractivity contribution in [3.8, 4) is 0 Å². The third kappa shape index (κ3) is 5.46. The van der Waals surface area contributed by atoms with Crippen LogP contribution in [0.5, 0.6) is 0 Å². The molecule has 0 radical (unpaired) electrons. The summed E-state index contributed by atoms with van der Waals surface area (Å²) in [7, 11) is 0. The van der Waals surface area contributed by atoms with Gasteiger partial charge >= 0.3 is 6.18 Å². The van der Waals surface area contributed by atoms with Crippen molar-refractivity contribution in [2.24, 2.45) is 5.73 Å². The zero-order valence-electron chi connectivity index (χ0n) is 10.0. The first kappa shape index (κ1) is 14.9. The normalized spacial score (nSPS) is 13.8. The van der Waals surface area contributed by atoms with E-state index in [0.717, 1.165) is 6.42 Å². The smallest absolute Gasteiger partial charge is 0.372 e. The summed E-state index contributed by atoms with van der Waals surface area (Å²) in [5.74, 6) is 0.612. The van der Waals surface area contributed by atoms with E-state index in [1.54, 1.807) is 0 Å². The van der Waals surface area contributed by atoms with Gasteiger partial charge in [0.1, 0.15) is 6.61 Å². The molecule has 0 aromatic carbocycles. The van der Waals surface area contributed by atoms with Crippen LogP contribution >= 0.6 is 0 Å². The van der Waals surface area contributed by atoms with E-state index in [1.165, 1.54) is 0 Å². The molecule has 1 aromatic rings. The summed E-state index contributed by atoms with van der Waals surface area (Å²) in [6, 6.07) is -0.327. The van der Waals surface area contributed by atoms with Crippen LogP contribution in [0.3, 0.4) is 0 Å². The maximum absolute atomic E-state index is 11.8. The average molecular weight is 267 g/mol. The molecular formula is C10H16F3N3O2. The van der Waals surface area contributed by atoms with Crippen molar-refractivity contribution in [2.45, 2.75) is 38.4 Å². The average Bonchev–Trinajstić information content (AvgIpc) is 2.72. The molecular weight excluding hydrogens is 251 g/mol. The number of halogens is 3. The van der Waals surface area contributed by atoms with E-state index in [2.05, 4.69) is 14.9 Å². The lowest BCUT2D eigenvalue weighted by Gasteiger charge is -2.05. The molecule has 0 fully saturated rings. The summed E-state index contributed by atoms with van der Waals surface area (Å²) in [6.07, 6.45) is -2.55. The number of alkyl halides is 3. The van der Waals surface area contributed by atoms with Crippen LogP contribution in [0, 0.1) is 0 Å². The molecule has 2 N–H and O–H groups in total. The van der Waals surface area contributed by atoms with Crippen molar-refractivity contribution in [3.63, 3.8) is 0 Å². The first-order valence-electron chi connectivity index (χ1n) is 5.65. The Bertz CT molecular complexity index is 354. The number of nitrogens with zero attached hydrogens (tertiary/aromatic N) is 2. The van der Waals surface area contributed by atoms with Crippen LogP contribution in [-0.2, 0) is 11.2 Å². The predicted molar refractivity (Wildman–Crippen MR) is 56.7 cm³/mol. The molecule has 104 valence electrons. The van der Waals surface area contributed by atoms with Gasteiger partial charge in [-0.1, -0.05) is 18.5 Å². The number of hydrogen-bond acceptors (Lipinski definition) is 5. The molecule has 18 heavy (non-hydrogen) atoms. The zero-order chi connectivity index (χ0) is 13.6. The second kappa shape index (κ2) is 6.69. The maximum Gasteiger partial charge on any atom is 0.411 e. The van der Waals surface area contributed by atoms with Crippen LogP contribution in [0.2, 0.25) is 0 Å². The number of aromatic nitrogens is 2. The molecule has 0 spiro atoms. The molecule has 1 rings (SSSR count). The number of nitrogens with two attached hydrogens (primary N) is 1. The second-order valence-electron chi connectivity index (χ2n) is 3.86. The standard InChI is InChI=1S/C10H16F3N3O2/c1-2-3-7(14)9-15-8(16-18-9)4-5-17-6-10(11,12)13/h7H,2-6,14H2,1H3/t7-/m1/s1. The van der Waals surface area contributed by atoms with Crippen LogP contribution < -0.4 is 5.73 Å². The van der Waals surface area contributed by atoms with Gasteiger partial charge < -0.3 is 15.0 Å². The first-order valence-corrected chi connectivity index (χ1v) is 5.65. The molecule has 0 saturated carbocycles. The van der Waals surface area contributed by atoms with Crippen molar-refractivity contribution >= 4 is 0 Å². The topological polar surface area (TPSA) is 74.2 Å². The van der Waals surface area contributed by atoms with Gasteiger partial charge in [0.2, 0.25) is 5.89 Å². The lowest BCUT2D eigenvalue weighted by molar-refractivity contribution is -0.173. The highest BCUT2D eigenvalue weighted by Crippen LogP contribution is 2.15. The van der Waals surface area contributed by atoms with Crippen molar-refractivity contribution in [2.75, 3.05) is 13.2 Å². The van der Waals surface area contributed by atoms with Gasteiger partial charge in [-0.05, 0) is 6.42 Å². The largest absolute Gasteiger partial charge is 0.411 e. The van der Waals surface area contributed by atoms with E-state index in [4.69, 9.17) is 10.3 Å². The summed E-state index contributed by atoms with van der Waals surface area (Å²) < 4.78 is 44.7. The summed E-state index contributed by atoms with van der Waals surface area (Å²) in [6.45, 7) is 0.594. The fourth-order valence-electron chi connectivity index (χ4n) is 1.31. The van der Waals surface area contributed by atoms with Gasteiger partial charge in [0.25, 0.3) is 0 Å². The van der Waals surface area contributed by atoms with Crippen LogP contribution in [0.1, 0.15) is 37.5 Å². The monoisotopic (exact) mass is 267 g/mol. The highest BCUT2D eigenvalue weighted by molar-refractivity contribution is 4.91. The Morgan fingerprint density at radius 3 is 2.78 bits per heavy atom. The van der Waals surface area contributed by atoms with Crippen molar-refractivity contribution in [3.05, 3.63) is 11.7 Å². The highest BCUT2D eigenvalue weighted by Gasteiger charge is 2.27. The molecule has 0 aliphatic heterocycles. The van der Waals surface area contributed by atoms with Crippen LogP contribution in [0.25, 0.3) is 0 Å². The van der Waals surface area contributed by atoms with Gasteiger partial charge in [-0.25, -0.2) is 0 Å². The third-order valence-electron chi connectivity index (χ3n) is 2.14. The Morgan fingerprint density at radius 1 is 1.44 bits per heavy atom. The SMILES string of the molecule is CCC[C@@H](N)c1nc(CCOCC(F)(F)F)no1. The minimum Gasteiger partial charge on any atom is -0.372 e. The molecule has 0 unspecified atom stereocenters. The lowest BCUT2D eigenvalue weighted by Crippen LogP contribution is -2.18. The van der Waals surface area contributed by atoms with E-state index in [1.807, 2.05) is 6.92 Å². The van der Waals surface area contributed by atoms with Crippen molar-refractivity contribution in [1.82, 2.24) is 10.1 Å². The van der Waals surface area contributed by atoms with Crippen LogP contribution in [0.4, 0.5) is 13.2 Å². The Labute approximate surface area is 102 Å². The van der Waals surface area contributed by atoms with Gasteiger partial charge in [0, 0.05) is 6.42 Å². The van der Waals surface area contributed by atoms with E-state index >= 15 is 0 Å². The van der Waals surface area contributed by atoms with Gasteiger partial charge in [0.15, 0.2) is 5.82 Å². The predicted octanol–water partition coefficient (Wildman–Crippen LogP) is 1.99. The summed E-state index contributed by atoms with van der Waals surface area (Å²) in [5, 5.41) is 3.63.